The number of rotatable bonds is 2. The highest BCUT2D eigenvalue weighted by atomic mass is 79.9. The van der Waals surface area contributed by atoms with Crippen LogP contribution < -0.4 is 0 Å². The van der Waals surface area contributed by atoms with E-state index in [0.717, 1.165) is 0 Å². The molecule has 76 valence electrons. The average molecular weight is 300 g/mol. The average Bonchev–Trinajstić information content (AvgIpc) is 2.12. The van der Waals surface area contributed by atoms with Crippen LogP contribution in [0, 0.1) is 0 Å². The predicted molar refractivity (Wildman–Crippen MR) is 56.8 cm³/mol. The van der Waals surface area contributed by atoms with Gasteiger partial charge in [0.1, 0.15) is 0 Å². The second kappa shape index (κ2) is 4.49. The molecule has 0 saturated carbocycles. The highest BCUT2D eigenvalue weighted by molar-refractivity contribution is 9.10. The minimum Gasteiger partial charge on any atom is -0.479 e. The molecule has 0 bridgehead atoms. The van der Waals surface area contributed by atoms with E-state index in [0.29, 0.717) is 4.47 Å². The van der Waals surface area contributed by atoms with Gasteiger partial charge in [-0.05, 0) is 28.1 Å². The van der Waals surface area contributed by atoms with Crippen LogP contribution >= 0.6 is 39.1 Å². The first-order valence-corrected chi connectivity index (χ1v) is 5.04. The van der Waals surface area contributed by atoms with E-state index in [1.165, 1.54) is 6.07 Å². The summed E-state index contributed by atoms with van der Waals surface area (Å²) in [6, 6.07) is 3.03. The summed E-state index contributed by atoms with van der Waals surface area (Å²) in [5.74, 6) is -1.40. The standard InChI is InChI=1S/C8H5BrCl2O3/c9-3-1-2-4(10)5(6(3)11)7(12)8(13)14/h1-2,7,12H,(H,13,14). The summed E-state index contributed by atoms with van der Waals surface area (Å²) < 4.78 is 0.485. The van der Waals surface area contributed by atoms with Gasteiger partial charge in [-0.25, -0.2) is 4.79 Å². The molecule has 0 aliphatic heterocycles. The number of aliphatic hydroxyl groups is 1. The predicted octanol–water partition coefficient (Wildman–Crippen LogP) is 2.87. The van der Waals surface area contributed by atoms with E-state index in [4.69, 9.17) is 28.3 Å². The van der Waals surface area contributed by atoms with Crippen LogP contribution in [-0.2, 0) is 4.79 Å². The summed E-state index contributed by atoms with van der Waals surface area (Å²) >= 11 is 14.6. The lowest BCUT2D eigenvalue weighted by atomic mass is 10.1. The smallest absolute Gasteiger partial charge is 0.337 e. The van der Waals surface area contributed by atoms with Gasteiger partial charge in [0.05, 0.1) is 5.02 Å². The maximum Gasteiger partial charge on any atom is 0.337 e. The first kappa shape index (κ1) is 11.8. The third-order valence-electron chi connectivity index (χ3n) is 1.59. The Bertz CT molecular complexity index is 381. The van der Waals surface area contributed by atoms with Gasteiger partial charge in [0.25, 0.3) is 0 Å². The summed E-state index contributed by atoms with van der Waals surface area (Å²) in [7, 11) is 0. The number of carboxylic acid groups (broad SMARTS) is 1. The van der Waals surface area contributed by atoms with Crippen molar-refractivity contribution in [3.63, 3.8) is 0 Å². The molecule has 1 rings (SSSR count). The van der Waals surface area contributed by atoms with Crippen LogP contribution in [0.1, 0.15) is 11.7 Å². The fraction of sp³-hybridized carbons (Fsp3) is 0.125. The van der Waals surface area contributed by atoms with E-state index < -0.39 is 12.1 Å². The van der Waals surface area contributed by atoms with Crippen LogP contribution in [-0.4, -0.2) is 16.2 Å². The highest BCUT2D eigenvalue weighted by Gasteiger charge is 2.23. The van der Waals surface area contributed by atoms with Crippen molar-refractivity contribution in [2.45, 2.75) is 6.10 Å². The Morgan fingerprint density at radius 2 is 2.00 bits per heavy atom. The van der Waals surface area contributed by atoms with Gasteiger partial charge in [-0.3, -0.25) is 0 Å². The molecule has 0 heterocycles. The van der Waals surface area contributed by atoms with Crippen molar-refractivity contribution in [3.05, 3.63) is 32.2 Å². The van der Waals surface area contributed by atoms with Gasteiger partial charge in [-0.2, -0.15) is 0 Å². The normalized spacial score (nSPS) is 12.6. The number of hydrogen-bond donors (Lipinski definition) is 2. The lowest BCUT2D eigenvalue weighted by molar-refractivity contribution is -0.146. The van der Waals surface area contributed by atoms with Crippen molar-refractivity contribution >= 4 is 45.1 Å². The minimum atomic E-state index is -1.72. The molecule has 3 nitrogen and oxygen atoms in total. The second-order valence-corrected chi connectivity index (χ2v) is 4.14. The molecule has 14 heavy (non-hydrogen) atoms. The highest BCUT2D eigenvalue weighted by Crippen LogP contribution is 2.35. The van der Waals surface area contributed by atoms with Crippen LogP contribution in [0.2, 0.25) is 10.0 Å². The van der Waals surface area contributed by atoms with Crippen LogP contribution in [0.15, 0.2) is 16.6 Å². The largest absolute Gasteiger partial charge is 0.479 e. The zero-order valence-corrected chi connectivity index (χ0v) is 9.77. The van der Waals surface area contributed by atoms with Crippen molar-refractivity contribution in [3.8, 4) is 0 Å². The summed E-state index contributed by atoms with van der Waals surface area (Å²) in [6.45, 7) is 0. The van der Waals surface area contributed by atoms with E-state index in [9.17, 15) is 9.90 Å². The first-order valence-electron chi connectivity index (χ1n) is 3.49. The van der Waals surface area contributed by atoms with Crippen molar-refractivity contribution in [2.24, 2.45) is 0 Å². The SMILES string of the molecule is O=C(O)C(O)c1c(Cl)ccc(Br)c1Cl. The zero-order valence-electron chi connectivity index (χ0n) is 6.67. The third kappa shape index (κ3) is 2.20. The maximum atomic E-state index is 10.5. The van der Waals surface area contributed by atoms with Gasteiger partial charge in [0.15, 0.2) is 6.10 Å². The molecule has 0 saturated heterocycles. The summed E-state index contributed by atoms with van der Waals surface area (Å²) in [6.07, 6.45) is -1.72. The molecule has 0 aliphatic rings. The van der Waals surface area contributed by atoms with Crippen molar-refractivity contribution in [2.75, 3.05) is 0 Å². The second-order valence-electron chi connectivity index (χ2n) is 2.50. The summed E-state index contributed by atoms with van der Waals surface area (Å²) in [5.41, 5.74) is -0.00444. The van der Waals surface area contributed by atoms with Gasteiger partial charge in [0.2, 0.25) is 0 Å². The molecule has 0 aliphatic carbocycles. The minimum absolute atomic E-state index is 0.00444. The topological polar surface area (TPSA) is 57.5 Å². The lowest BCUT2D eigenvalue weighted by Gasteiger charge is -2.11. The number of benzene rings is 1. The van der Waals surface area contributed by atoms with Gasteiger partial charge in [-0.1, -0.05) is 23.2 Å². The summed E-state index contributed by atoms with van der Waals surface area (Å²) in [5, 5.41) is 18.1. The monoisotopic (exact) mass is 298 g/mol. The van der Waals surface area contributed by atoms with E-state index in [2.05, 4.69) is 15.9 Å². The lowest BCUT2D eigenvalue weighted by Crippen LogP contribution is -2.11. The molecular formula is C8H5BrCl2O3. The van der Waals surface area contributed by atoms with Gasteiger partial charge < -0.3 is 10.2 Å². The van der Waals surface area contributed by atoms with Crippen molar-refractivity contribution in [1.82, 2.24) is 0 Å². The van der Waals surface area contributed by atoms with Crippen LogP contribution in [0.4, 0.5) is 0 Å². The molecule has 2 N–H and O–H groups in total. The number of hydrogen-bond acceptors (Lipinski definition) is 2. The van der Waals surface area contributed by atoms with E-state index in [-0.39, 0.29) is 15.6 Å². The molecule has 0 radical (unpaired) electrons. The fourth-order valence-corrected chi connectivity index (χ4v) is 1.84. The number of aliphatic carboxylic acids is 1. The molecule has 6 heteroatoms. The molecule has 0 amide bonds. The third-order valence-corrected chi connectivity index (χ3v) is 3.21. The molecule has 0 spiro atoms. The van der Waals surface area contributed by atoms with Gasteiger partial charge in [-0.15, -0.1) is 0 Å². The van der Waals surface area contributed by atoms with Crippen molar-refractivity contribution < 1.29 is 15.0 Å². The molecule has 1 atom stereocenters. The Balaban J connectivity index is 3.32. The van der Waals surface area contributed by atoms with Crippen LogP contribution in [0.3, 0.4) is 0 Å². The van der Waals surface area contributed by atoms with Crippen molar-refractivity contribution in [1.29, 1.82) is 0 Å². The number of aliphatic hydroxyl groups excluding tert-OH is 1. The van der Waals surface area contributed by atoms with Crippen LogP contribution in [0.5, 0.6) is 0 Å². The zero-order chi connectivity index (χ0) is 10.9. The molecule has 0 aromatic heterocycles. The molecule has 1 aromatic carbocycles. The number of carboxylic acids is 1. The van der Waals surface area contributed by atoms with Crippen LogP contribution in [0.25, 0.3) is 0 Å². The Hall–Kier alpha value is -0.290. The fourth-order valence-electron chi connectivity index (χ4n) is 0.917. The molecule has 1 aromatic rings. The van der Waals surface area contributed by atoms with Gasteiger partial charge in [0, 0.05) is 15.1 Å². The molecule has 0 fully saturated rings. The molecular weight excluding hydrogens is 295 g/mol. The quantitative estimate of drug-likeness (QED) is 0.826. The number of carbonyl (C=O) groups is 1. The Morgan fingerprint density at radius 3 is 2.50 bits per heavy atom. The Labute approximate surface area is 98.4 Å². The van der Waals surface area contributed by atoms with Gasteiger partial charge >= 0.3 is 5.97 Å². The first-order chi connectivity index (χ1) is 6.45. The Morgan fingerprint density at radius 1 is 1.43 bits per heavy atom. The van der Waals surface area contributed by atoms with E-state index in [1.807, 2.05) is 0 Å². The maximum absolute atomic E-state index is 10.5. The Kier molecular flexibility index (Phi) is 3.78. The summed E-state index contributed by atoms with van der Waals surface area (Å²) in [4.78, 5) is 10.5. The van der Waals surface area contributed by atoms with E-state index >= 15 is 0 Å². The molecule has 1 unspecified atom stereocenters. The number of halogens is 3. The van der Waals surface area contributed by atoms with E-state index in [1.54, 1.807) is 6.07 Å².